The first kappa shape index (κ1) is 25.7. The summed E-state index contributed by atoms with van der Waals surface area (Å²) in [5.41, 5.74) is 3.09. The van der Waals surface area contributed by atoms with Gasteiger partial charge in [0.1, 0.15) is 28.3 Å². The van der Waals surface area contributed by atoms with Crippen molar-refractivity contribution in [2.75, 3.05) is 18.4 Å². The van der Waals surface area contributed by atoms with Gasteiger partial charge in [-0.15, -0.1) is 0 Å². The molecule has 3 aromatic heterocycles. The second kappa shape index (κ2) is 10.9. The van der Waals surface area contributed by atoms with Crippen LogP contribution in [0.3, 0.4) is 0 Å². The number of hydrogen-bond donors (Lipinski definition) is 3. The first-order valence-electron chi connectivity index (χ1n) is 13.3. The van der Waals surface area contributed by atoms with Crippen LogP contribution in [-0.4, -0.2) is 50.9 Å². The molecule has 1 saturated heterocycles. The van der Waals surface area contributed by atoms with Gasteiger partial charge in [0, 0.05) is 66.7 Å². The Bertz CT molecular complexity index is 1500. The van der Waals surface area contributed by atoms with Crippen LogP contribution in [0.4, 0.5) is 14.6 Å². The summed E-state index contributed by atoms with van der Waals surface area (Å²) in [6.07, 6.45) is 6.86. The molecule has 1 aliphatic heterocycles. The fourth-order valence-corrected chi connectivity index (χ4v) is 5.79. The predicted molar refractivity (Wildman–Crippen MR) is 147 cm³/mol. The average molecular weight is 551 g/mol. The molecule has 2 fully saturated rings. The molecule has 0 spiro atoms. The molecule has 3 N–H and O–H groups in total. The maximum Gasteiger partial charge on any atom is 0.228 e. The number of nitrogens with zero attached hydrogens (tertiary/aromatic N) is 3. The number of benzene rings is 1. The number of halogens is 3. The summed E-state index contributed by atoms with van der Waals surface area (Å²) in [4.78, 5) is 27.2. The summed E-state index contributed by atoms with van der Waals surface area (Å²) < 4.78 is 27.9. The number of amides is 1. The van der Waals surface area contributed by atoms with E-state index in [1.165, 1.54) is 12.1 Å². The zero-order valence-electron chi connectivity index (χ0n) is 21.3. The van der Waals surface area contributed by atoms with Gasteiger partial charge in [0.25, 0.3) is 0 Å². The number of pyridine rings is 2. The monoisotopic (exact) mass is 550 g/mol. The number of rotatable bonds is 7. The molecular formula is C29H29ClF2N6O. The summed E-state index contributed by atoms with van der Waals surface area (Å²) >= 11 is 6.40. The molecule has 202 valence electrons. The van der Waals surface area contributed by atoms with Gasteiger partial charge < -0.3 is 20.5 Å². The van der Waals surface area contributed by atoms with Crippen molar-refractivity contribution in [2.24, 2.45) is 5.92 Å². The molecule has 2 aliphatic rings. The molecule has 39 heavy (non-hydrogen) atoms. The smallest absolute Gasteiger partial charge is 0.228 e. The van der Waals surface area contributed by atoms with Crippen LogP contribution in [0, 0.1) is 17.6 Å². The minimum absolute atomic E-state index is 0.0118. The van der Waals surface area contributed by atoms with Crippen molar-refractivity contribution in [1.29, 1.82) is 0 Å². The molecular weight excluding hydrogens is 522 g/mol. The second-order valence-corrected chi connectivity index (χ2v) is 10.8. The molecule has 1 aliphatic carbocycles. The Labute approximate surface area is 230 Å². The standard InChI is InChI=1S/C29H29ClF2N6O/c30-26-10-18(24-15-35-28-23(24)2-1-9-34-28)11-27(37-26)36-21-5-7-22(8-6-21)38(29(39)19-13-33-14-19)16-17-3-4-20(31)12-25(17)32/h1-4,9-12,15,19,21-22,33H,5-8,13-14,16H2,(H,34,35)(H,36,37). The number of aromatic nitrogens is 3. The molecule has 1 aromatic carbocycles. The second-order valence-electron chi connectivity index (χ2n) is 10.4. The van der Waals surface area contributed by atoms with E-state index in [1.807, 2.05) is 30.5 Å². The highest BCUT2D eigenvalue weighted by Gasteiger charge is 2.35. The van der Waals surface area contributed by atoms with Gasteiger partial charge in [-0.2, -0.15) is 0 Å². The molecule has 1 amide bonds. The Morgan fingerprint density at radius 3 is 2.67 bits per heavy atom. The van der Waals surface area contributed by atoms with Gasteiger partial charge in [-0.25, -0.2) is 18.7 Å². The predicted octanol–water partition coefficient (Wildman–Crippen LogP) is 5.53. The normalized spacial score (nSPS) is 19.6. The first-order valence-corrected chi connectivity index (χ1v) is 13.6. The van der Waals surface area contributed by atoms with E-state index in [0.29, 0.717) is 29.6 Å². The van der Waals surface area contributed by atoms with Gasteiger partial charge in [-0.1, -0.05) is 17.7 Å². The number of anilines is 1. The number of nitrogens with one attached hydrogen (secondary N) is 3. The lowest BCUT2D eigenvalue weighted by molar-refractivity contribution is -0.141. The molecule has 4 heterocycles. The molecule has 0 bridgehead atoms. The number of aromatic amines is 1. The van der Waals surface area contributed by atoms with Crippen molar-refractivity contribution in [3.05, 3.63) is 77.2 Å². The van der Waals surface area contributed by atoms with E-state index in [2.05, 4.69) is 25.6 Å². The molecule has 1 saturated carbocycles. The molecule has 4 aromatic rings. The Kier molecular flexibility index (Phi) is 7.18. The Hall–Kier alpha value is -3.56. The van der Waals surface area contributed by atoms with Crippen LogP contribution < -0.4 is 10.6 Å². The SMILES string of the molecule is O=C(C1CNC1)N(Cc1ccc(F)cc1F)C1CCC(Nc2cc(-c3c[nH]c4ncccc34)cc(Cl)n2)CC1. The Balaban J connectivity index is 1.15. The summed E-state index contributed by atoms with van der Waals surface area (Å²) in [6, 6.07) is 11.5. The van der Waals surface area contributed by atoms with E-state index in [-0.39, 0.29) is 30.5 Å². The molecule has 0 unspecified atom stereocenters. The van der Waals surface area contributed by atoms with Crippen LogP contribution in [0.25, 0.3) is 22.2 Å². The summed E-state index contributed by atoms with van der Waals surface area (Å²) in [5, 5.41) is 8.08. The van der Waals surface area contributed by atoms with Crippen LogP contribution in [0.15, 0.2) is 54.9 Å². The third-order valence-corrected chi connectivity index (χ3v) is 8.01. The largest absolute Gasteiger partial charge is 0.367 e. The van der Waals surface area contributed by atoms with Crippen molar-refractivity contribution in [2.45, 2.75) is 44.3 Å². The maximum absolute atomic E-state index is 14.5. The van der Waals surface area contributed by atoms with Crippen LogP contribution >= 0.6 is 11.6 Å². The first-order chi connectivity index (χ1) is 18.9. The van der Waals surface area contributed by atoms with Crippen LogP contribution in [-0.2, 0) is 11.3 Å². The zero-order chi connectivity index (χ0) is 26.9. The van der Waals surface area contributed by atoms with Gasteiger partial charge in [0.05, 0.1) is 5.92 Å². The third kappa shape index (κ3) is 5.46. The molecule has 6 rings (SSSR count). The summed E-state index contributed by atoms with van der Waals surface area (Å²) in [5.74, 6) is -0.616. The number of H-pyrrole nitrogens is 1. The van der Waals surface area contributed by atoms with Gasteiger partial charge >= 0.3 is 0 Å². The van der Waals surface area contributed by atoms with E-state index < -0.39 is 11.6 Å². The molecule has 10 heteroatoms. The van der Waals surface area contributed by atoms with Crippen molar-refractivity contribution >= 4 is 34.4 Å². The topological polar surface area (TPSA) is 85.9 Å². The van der Waals surface area contributed by atoms with Crippen molar-refractivity contribution < 1.29 is 13.6 Å². The average Bonchev–Trinajstić information content (AvgIpc) is 3.32. The molecule has 0 radical (unpaired) electrons. The summed E-state index contributed by atoms with van der Waals surface area (Å²) in [7, 11) is 0. The van der Waals surface area contributed by atoms with Gasteiger partial charge in [-0.05, 0) is 61.6 Å². The quantitative estimate of drug-likeness (QED) is 0.264. The van der Waals surface area contributed by atoms with Crippen LogP contribution in [0.5, 0.6) is 0 Å². The lowest BCUT2D eigenvalue weighted by atomic mass is 9.88. The van der Waals surface area contributed by atoms with E-state index in [0.717, 1.165) is 53.9 Å². The number of fused-ring (bicyclic) bond motifs is 1. The zero-order valence-corrected chi connectivity index (χ0v) is 22.0. The van der Waals surface area contributed by atoms with Crippen molar-refractivity contribution in [3.8, 4) is 11.1 Å². The molecule has 7 nitrogen and oxygen atoms in total. The fraction of sp³-hybridized carbons (Fsp3) is 0.345. The Morgan fingerprint density at radius 1 is 1.10 bits per heavy atom. The third-order valence-electron chi connectivity index (χ3n) is 7.82. The van der Waals surface area contributed by atoms with Crippen molar-refractivity contribution in [1.82, 2.24) is 25.2 Å². The van der Waals surface area contributed by atoms with E-state index in [9.17, 15) is 13.6 Å². The number of hydrogen-bond acceptors (Lipinski definition) is 5. The van der Waals surface area contributed by atoms with Crippen LogP contribution in [0.1, 0.15) is 31.2 Å². The Morgan fingerprint density at radius 2 is 1.92 bits per heavy atom. The van der Waals surface area contributed by atoms with E-state index in [4.69, 9.17) is 11.6 Å². The fourth-order valence-electron chi connectivity index (χ4n) is 5.58. The minimum atomic E-state index is -0.622. The van der Waals surface area contributed by atoms with Gasteiger partial charge in [0.15, 0.2) is 0 Å². The number of carbonyl (C=O) groups excluding carboxylic acids is 1. The van der Waals surface area contributed by atoms with Crippen molar-refractivity contribution in [3.63, 3.8) is 0 Å². The highest BCUT2D eigenvalue weighted by atomic mass is 35.5. The number of carbonyl (C=O) groups is 1. The lowest BCUT2D eigenvalue weighted by Crippen LogP contribution is -2.54. The van der Waals surface area contributed by atoms with Gasteiger partial charge in [-0.3, -0.25) is 4.79 Å². The lowest BCUT2D eigenvalue weighted by Gasteiger charge is -2.40. The van der Waals surface area contributed by atoms with Gasteiger partial charge in [0.2, 0.25) is 5.91 Å². The highest BCUT2D eigenvalue weighted by Crippen LogP contribution is 2.33. The minimum Gasteiger partial charge on any atom is -0.367 e. The maximum atomic E-state index is 14.5. The highest BCUT2D eigenvalue weighted by molar-refractivity contribution is 6.29. The van der Waals surface area contributed by atoms with E-state index in [1.54, 1.807) is 11.1 Å². The van der Waals surface area contributed by atoms with Crippen LogP contribution in [0.2, 0.25) is 5.15 Å². The van der Waals surface area contributed by atoms with E-state index >= 15 is 0 Å². The summed E-state index contributed by atoms with van der Waals surface area (Å²) in [6.45, 7) is 1.41. The molecule has 0 atom stereocenters.